The van der Waals surface area contributed by atoms with Gasteiger partial charge in [0.05, 0.1) is 5.56 Å². The molecule has 1 heterocycles. The summed E-state index contributed by atoms with van der Waals surface area (Å²) in [7, 11) is 0. The molecule has 4 aromatic rings. The molecule has 0 spiro atoms. The molecule has 32 heavy (non-hydrogen) atoms. The lowest BCUT2D eigenvalue weighted by Crippen LogP contribution is -2.08. The van der Waals surface area contributed by atoms with Crippen LogP contribution in [0.2, 0.25) is 0 Å². The van der Waals surface area contributed by atoms with Gasteiger partial charge in [0.15, 0.2) is 5.82 Å². The van der Waals surface area contributed by atoms with Gasteiger partial charge in [-0.1, -0.05) is 86.6 Å². The molecule has 1 N–H and O–H groups in total. The number of carbonyl (C=O) groups is 1. The second-order valence-corrected chi connectivity index (χ2v) is 8.35. The molecule has 0 radical (unpaired) electrons. The molecular formula is C27H27N3O2. The summed E-state index contributed by atoms with van der Waals surface area (Å²) in [6.45, 7) is 5.25. The van der Waals surface area contributed by atoms with Crippen molar-refractivity contribution in [2.45, 2.75) is 33.2 Å². The van der Waals surface area contributed by atoms with Gasteiger partial charge in [-0.25, -0.2) is 14.5 Å². The maximum atomic E-state index is 11.6. The van der Waals surface area contributed by atoms with Crippen molar-refractivity contribution in [3.05, 3.63) is 95.8 Å². The molecule has 0 aliphatic carbocycles. The molecule has 0 bridgehead atoms. The van der Waals surface area contributed by atoms with Crippen molar-refractivity contribution in [3.63, 3.8) is 0 Å². The minimum absolute atomic E-state index is 0.307. The molecule has 4 rings (SSSR count). The minimum Gasteiger partial charge on any atom is -0.478 e. The van der Waals surface area contributed by atoms with E-state index in [1.165, 1.54) is 0 Å². The zero-order chi connectivity index (χ0) is 22.5. The van der Waals surface area contributed by atoms with Crippen LogP contribution < -0.4 is 0 Å². The molecule has 5 nitrogen and oxygen atoms in total. The van der Waals surface area contributed by atoms with Crippen LogP contribution in [0.15, 0.2) is 78.9 Å². The molecule has 0 aliphatic rings. The van der Waals surface area contributed by atoms with Crippen LogP contribution >= 0.6 is 0 Å². The normalized spacial score (nSPS) is 11.1. The van der Waals surface area contributed by atoms with Crippen LogP contribution in [0.1, 0.15) is 42.0 Å². The van der Waals surface area contributed by atoms with Crippen molar-refractivity contribution in [2.24, 2.45) is 5.92 Å². The van der Waals surface area contributed by atoms with E-state index in [1.54, 1.807) is 12.1 Å². The van der Waals surface area contributed by atoms with Gasteiger partial charge < -0.3 is 5.11 Å². The summed E-state index contributed by atoms with van der Waals surface area (Å²) in [5.74, 6) is 1.34. The van der Waals surface area contributed by atoms with Crippen molar-refractivity contribution in [1.82, 2.24) is 14.8 Å². The van der Waals surface area contributed by atoms with Crippen LogP contribution in [0, 0.1) is 5.92 Å². The number of aromatic carboxylic acids is 1. The Morgan fingerprint density at radius 1 is 0.906 bits per heavy atom. The Kier molecular flexibility index (Phi) is 6.45. The molecule has 0 aliphatic heterocycles. The Labute approximate surface area is 188 Å². The fourth-order valence-electron chi connectivity index (χ4n) is 3.68. The van der Waals surface area contributed by atoms with Crippen molar-refractivity contribution in [3.8, 4) is 22.5 Å². The van der Waals surface area contributed by atoms with Crippen molar-refractivity contribution in [2.75, 3.05) is 0 Å². The van der Waals surface area contributed by atoms with Gasteiger partial charge in [-0.3, -0.25) is 0 Å². The average Bonchev–Trinajstić information content (AvgIpc) is 3.21. The number of benzene rings is 3. The van der Waals surface area contributed by atoms with Crippen LogP contribution in [0.25, 0.3) is 22.5 Å². The number of aromatic nitrogens is 3. The lowest BCUT2D eigenvalue weighted by molar-refractivity contribution is 0.0697. The molecular weight excluding hydrogens is 398 g/mol. The van der Waals surface area contributed by atoms with E-state index in [0.29, 0.717) is 17.9 Å². The first-order chi connectivity index (χ1) is 15.5. The number of hydrogen-bond donors (Lipinski definition) is 1. The summed E-state index contributed by atoms with van der Waals surface area (Å²) in [5.41, 5.74) is 4.04. The van der Waals surface area contributed by atoms with E-state index in [-0.39, 0.29) is 0 Å². The highest BCUT2D eigenvalue weighted by atomic mass is 16.4. The topological polar surface area (TPSA) is 68.0 Å². The first kappa shape index (κ1) is 21.5. The minimum atomic E-state index is -0.920. The van der Waals surface area contributed by atoms with Gasteiger partial charge in [-0.2, -0.15) is 5.10 Å². The van der Waals surface area contributed by atoms with Crippen LogP contribution in [-0.4, -0.2) is 25.8 Å². The molecule has 0 saturated heterocycles. The third-order valence-corrected chi connectivity index (χ3v) is 5.48. The van der Waals surface area contributed by atoms with Gasteiger partial charge in [0, 0.05) is 18.5 Å². The molecule has 162 valence electrons. The fraction of sp³-hybridized carbons (Fsp3) is 0.222. The Balaban J connectivity index is 1.61. The third kappa shape index (κ3) is 4.94. The van der Waals surface area contributed by atoms with E-state index in [9.17, 15) is 9.90 Å². The lowest BCUT2D eigenvalue weighted by Gasteiger charge is -2.09. The number of carboxylic acid groups (broad SMARTS) is 1. The second kappa shape index (κ2) is 9.60. The summed E-state index contributed by atoms with van der Waals surface area (Å²) < 4.78 is 2.02. The van der Waals surface area contributed by atoms with Gasteiger partial charge >= 0.3 is 5.97 Å². The summed E-state index contributed by atoms with van der Waals surface area (Å²) in [6.07, 6.45) is 1.70. The van der Waals surface area contributed by atoms with Crippen molar-refractivity contribution >= 4 is 5.97 Å². The number of rotatable bonds is 8. The first-order valence-corrected chi connectivity index (χ1v) is 10.9. The van der Waals surface area contributed by atoms with Gasteiger partial charge in [0.2, 0.25) is 0 Å². The van der Waals surface area contributed by atoms with Crippen LogP contribution in [0.4, 0.5) is 0 Å². The van der Waals surface area contributed by atoms with Crippen molar-refractivity contribution in [1.29, 1.82) is 0 Å². The molecule has 0 unspecified atom stereocenters. The van der Waals surface area contributed by atoms with E-state index in [1.807, 2.05) is 71.4 Å². The highest BCUT2D eigenvalue weighted by Gasteiger charge is 2.14. The summed E-state index contributed by atoms with van der Waals surface area (Å²) in [6, 6.07) is 25.2. The number of hydrogen-bond acceptors (Lipinski definition) is 3. The summed E-state index contributed by atoms with van der Waals surface area (Å²) >= 11 is 0. The van der Waals surface area contributed by atoms with Gasteiger partial charge in [-0.05, 0) is 35.1 Å². The van der Waals surface area contributed by atoms with Gasteiger partial charge in [-0.15, -0.1) is 0 Å². The SMILES string of the molecule is CC(C)CCn1nc(-c2ccccc2)nc1Cc1ccc(-c2ccccc2C(=O)O)cc1. The quantitative estimate of drug-likeness (QED) is 0.379. The molecule has 0 fully saturated rings. The van der Waals surface area contributed by atoms with E-state index < -0.39 is 5.97 Å². The van der Waals surface area contributed by atoms with E-state index in [2.05, 4.69) is 13.8 Å². The highest BCUT2D eigenvalue weighted by Crippen LogP contribution is 2.25. The van der Waals surface area contributed by atoms with Gasteiger partial charge in [0.1, 0.15) is 5.82 Å². The maximum Gasteiger partial charge on any atom is 0.336 e. The zero-order valence-corrected chi connectivity index (χ0v) is 18.4. The number of nitrogens with zero attached hydrogens (tertiary/aromatic N) is 3. The fourth-order valence-corrected chi connectivity index (χ4v) is 3.68. The maximum absolute atomic E-state index is 11.6. The first-order valence-electron chi connectivity index (χ1n) is 10.9. The predicted molar refractivity (Wildman–Crippen MR) is 127 cm³/mol. The van der Waals surface area contributed by atoms with Crippen LogP contribution in [0.3, 0.4) is 0 Å². The highest BCUT2D eigenvalue weighted by molar-refractivity contribution is 5.95. The predicted octanol–water partition coefficient (Wildman–Crippen LogP) is 5.95. The van der Waals surface area contributed by atoms with Crippen LogP contribution in [0.5, 0.6) is 0 Å². The number of carboxylic acids is 1. The molecule has 0 saturated carbocycles. The number of aryl methyl sites for hydroxylation is 1. The largest absolute Gasteiger partial charge is 0.478 e. The monoisotopic (exact) mass is 425 g/mol. The van der Waals surface area contributed by atoms with Gasteiger partial charge in [0.25, 0.3) is 0 Å². The molecule has 1 aromatic heterocycles. The lowest BCUT2D eigenvalue weighted by atomic mass is 9.98. The Hall–Kier alpha value is -3.73. The summed E-state index contributed by atoms with van der Waals surface area (Å²) in [4.78, 5) is 16.4. The molecule has 0 atom stereocenters. The smallest absolute Gasteiger partial charge is 0.336 e. The standard InChI is InChI=1S/C27H27N3O2/c1-19(2)16-17-30-25(28-26(29-30)22-8-4-3-5-9-22)18-20-12-14-21(15-13-20)23-10-6-7-11-24(23)27(31)32/h3-15,19H,16-18H2,1-2H3,(H,31,32). The van der Waals surface area contributed by atoms with E-state index in [4.69, 9.17) is 10.1 Å². The van der Waals surface area contributed by atoms with Crippen LogP contribution in [-0.2, 0) is 13.0 Å². The Morgan fingerprint density at radius 2 is 1.59 bits per heavy atom. The van der Waals surface area contributed by atoms with E-state index in [0.717, 1.165) is 46.9 Å². The summed E-state index contributed by atoms with van der Waals surface area (Å²) in [5, 5.41) is 14.3. The van der Waals surface area contributed by atoms with Crippen molar-refractivity contribution < 1.29 is 9.90 Å². The Bertz CT molecular complexity index is 1200. The zero-order valence-electron chi connectivity index (χ0n) is 18.4. The van der Waals surface area contributed by atoms with E-state index >= 15 is 0 Å². The third-order valence-electron chi connectivity index (χ3n) is 5.48. The average molecular weight is 426 g/mol. The molecule has 0 amide bonds. The Morgan fingerprint density at radius 3 is 2.28 bits per heavy atom. The molecule has 5 heteroatoms. The second-order valence-electron chi connectivity index (χ2n) is 8.35. The molecule has 3 aromatic carbocycles.